The third-order valence-corrected chi connectivity index (χ3v) is 5.23. The number of fused-ring (bicyclic) bond motifs is 3. The Labute approximate surface area is 124 Å². The van der Waals surface area contributed by atoms with Crippen molar-refractivity contribution in [3.05, 3.63) is 17.2 Å². The third-order valence-electron chi connectivity index (χ3n) is 4.92. The molecule has 3 aliphatic rings. The summed E-state index contributed by atoms with van der Waals surface area (Å²) >= 11 is 6.34. The van der Waals surface area contributed by atoms with Crippen LogP contribution in [0.1, 0.15) is 25.7 Å². The molecule has 2 atom stereocenters. The molecule has 1 aromatic rings. The molecule has 108 valence electrons. The topological polar surface area (TPSA) is 33.7 Å². The maximum absolute atomic E-state index is 6.34. The Kier molecular flexibility index (Phi) is 2.97. The number of nitrogens with one attached hydrogen (secondary N) is 1. The highest BCUT2D eigenvalue weighted by molar-refractivity contribution is 6.33. The van der Waals surface area contributed by atoms with Crippen LogP contribution in [-0.4, -0.2) is 36.9 Å². The zero-order valence-corrected chi connectivity index (χ0v) is 12.3. The third kappa shape index (κ3) is 2.02. The molecular formula is C15H19ClN2O2. The average molecular weight is 295 g/mol. The van der Waals surface area contributed by atoms with Crippen LogP contribution in [0.3, 0.4) is 0 Å². The van der Waals surface area contributed by atoms with Gasteiger partial charge in [-0.25, -0.2) is 0 Å². The van der Waals surface area contributed by atoms with Crippen molar-refractivity contribution in [3.8, 4) is 11.5 Å². The highest BCUT2D eigenvalue weighted by atomic mass is 35.5. The van der Waals surface area contributed by atoms with Crippen LogP contribution in [0, 0.1) is 0 Å². The van der Waals surface area contributed by atoms with Crippen LogP contribution >= 0.6 is 11.6 Å². The van der Waals surface area contributed by atoms with Crippen LogP contribution in [0.25, 0.3) is 0 Å². The van der Waals surface area contributed by atoms with Gasteiger partial charge in [0.15, 0.2) is 11.5 Å². The molecule has 0 spiro atoms. The van der Waals surface area contributed by atoms with E-state index in [9.17, 15) is 0 Å². The lowest BCUT2D eigenvalue weighted by atomic mass is 9.97. The van der Waals surface area contributed by atoms with Gasteiger partial charge in [0.25, 0.3) is 0 Å². The first kappa shape index (κ1) is 12.6. The van der Waals surface area contributed by atoms with Crippen molar-refractivity contribution >= 4 is 17.3 Å². The van der Waals surface area contributed by atoms with Crippen LogP contribution in [-0.2, 0) is 0 Å². The summed E-state index contributed by atoms with van der Waals surface area (Å²) in [6, 6.07) is 5.75. The maximum Gasteiger partial charge on any atom is 0.231 e. The molecule has 3 aliphatic heterocycles. The molecule has 2 saturated heterocycles. The minimum Gasteiger partial charge on any atom is -0.454 e. The lowest BCUT2D eigenvalue weighted by Crippen LogP contribution is -2.44. The largest absolute Gasteiger partial charge is 0.454 e. The molecule has 20 heavy (non-hydrogen) atoms. The summed E-state index contributed by atoms with van der Waals surface area (Å²) < 4.78 is 10.8. The Morgan fingerprint density at radius 3 is 2.50 bits per heavy atom. The highest BCUT2D eigenvalue weighted by Crippen LogP contribution is 2.41. The van der Waals surface area contributed by atoms with Crippen molar-refractivity contribution in [2.75, 3.05) is 19.2 Å². The zero-order valence-electron chi connectivity index (χ0n) is 11.6. The van der Waals surface area contributed by atoms with E-state index in [-0.39, 0.29) is 6.79 Å². The van der Waals surface area contributed by atoms with Gasteiger partial charge in [-0.15, -0.1) is 0 Å². The van der Waals surface area contributed by atoms with Crippen molar-refractivity contribution in [1.29, 1.82) is 0 Å². The Morgan fingerprint density at radius 1 is 1.15 bits per heavy atom. The van der Waals surface area contributed by atoms with Gasteiger partial charge in [-0.1, -0.05) is 11.6 Å². The number of piperidine rings is 1. The van der Waals surface area contributed by atoms with Crippen molar-refractivity contribution in [2.24, 2.45) is 0 Å². The smallest absolute Gasteiger partial charge is 0.231 e. The van der Waals surface area contributed by atoms with Gasteiger partial charge in [-0.2, -0.15) is 0 Å². The van der Waals surface area contributed by atoms with Gasteiger partial charge in [0.1, 0.15) is 0 Å². The predicted molar refractivity (Wildman–Crippen MR) is 78.8 cm³/mol. The molecule has 5 heteroatoms. The average Bonchev–Trinajstić information content (AvgIpc) is 2.92. The molecule has 0 amide bonds. The number of benzene rings is 1. The lowest BCUT2D eigenvalue weighted by Gasteiger charge is -2.37. The van der Waals surface area contributed by atoms with Crippen molar-refractivity contribution < 1.29 is 9.47 Å². The molecule has 3 heterocycles. The Morgan fingerprint density at radius 2 is 1.80 bits per heavy atom. The summed E-state index contributed by atoms with van der Waals surface area (Å²) in [6.07, 6.45) is 5.04. The fourth-order valence-corrected chi connectivity index (χ4v) is 3.99. The first-order chi connectivity index (χ1) is 9.70. The summed E-state index contributed by atoms with van der Waals surface area (Å²) in [6.45, 7) is 0.285. The van der Waals surface area contributed by atoms with Crippen LogP contribution in [0.4, 0.5) is 5.69 Å². The fourth-order valence-electron chi connectivity index (χ4n) is 3.78. The van der Waals surface area contributed by atoms with E-state index < -0.39 is 0 Å². The van der Waals surface area contributed by atoms with E-state index in [1.807, 2.05) is 12.1 Å². The Bertz CT molecular complexity index is 523. The molecule has 2 fully saturated rings. The van der Waals surface area contributed by atoms with Crippen molar-refractivity contribution in [2.45, 2.75) is 43.8 Å². The molecular weight excluding hydrogens is 276 g/mol. The van der Waals surface area contributed by atoms with E-state index in [1.54, 1.807) is 0 Å². The minimum atomic E-state index is 0.285. The van der Waals surface area contributed by atoms with E-state index >= 15 is 0 Å². The molecule has 4 rings (SSSR count). The molecule has 1 N–H and O–H groups in total. The first-order valence-electron chi connectivity index (χ1n) is 7.28. The summed E-state index contributed by atoms with van der Waals surface area (Å²) in [7, 11) is 2.26. The normalized spacial score (nSPS) is 31.6. The van der Waals surface area contributed by atoms with E-state index in [4.69, 9.17) is 21.1 Å². The van der Waals surface area contributed by atoms with Crippen molar-refractivity contribution in [3.63, 3.8) is 0 Å². The van der Waals surface area contributed by atoms with Gasteiger partial charge in [0.2, 0.25) is 6.79 Å². The molecule has 1 aromatic carbocycles. The van der Waals surface area contributed by atoms with Gasteiger partial charge < -0.3 is 19.7 Å². The standard InChI is InChI=1S/C15H19ClN2O2/c1-18-10-2-3-11(18)5-9(4-10)17-13-7-15-14(6-12(13)16)19-8-20-15/h6-7,9-11,17H,2-5,8H2,1H3. The number of hydrogen-bond acceptors (Lipinski definition) is 4. The second-order valence-electron chi connectivity index (χ2n) is 6.05. The number of ether oxygens (including phenoxy) is 2. The fraction of sp³-hybridized carbons (Fsp3) is 0.600. The second-order valence-corrected chi connectivity index (χ2v) is 6.46. The van der Waals surface area contributed by atoms with Gasteiger partial charge in [0, 0.05) is 30.3 Å². The summed E-state index contributed by atoms with van der Waals surface area (Å²) in [5.41, 5.74) is 0.963. The van der Waals surface area contributed by atoms with Gasteiger partial charge in [-0.05, 0) is 32.7 Å². The summed E-state index contributed by atoms with van der Waals surface area (Å²) in [5, 5.41) is 4.31. The van der Waals surface area contributed by atoms with Crippen LogP contribution in [0.5, 0.6) is 11.5 Å². The van der Waals surface area contributed by atoms with Gasteiger partial charge in [0.05, 0.1) is 10.7 Å². The van der Waals surface area contributed by atoms with Crippen LogP contribution in [0.2, 0.25) is 5.02 Å². The number of rotatable bonds is 2. The quantitative estimate of drug-likeness (QED) is 0.909. The van der Waals surface area contributed by atoms with E-state index in [0.29, 0.717) is 11.1 Å². The SMILES string of the molecule is CN1C2CCC1CC(Nc1cc3c(cc1Cl)OCO3)C2. The monoisotopic (exact) mass is 294 g/mol. The minimum absolute atomic E-state index is 0.285. The maximum atomic E-state index is 6.34. The number of anilines is 1. The molecule has 4 nitrogen and oxygen atoms in total. The number of halogens is 1. The molecule has 0 aliphatic carbocycles. The van der Waals surface area contributed by atoms with E-state index in [1.165, 1.54) is 25.7 Å². The highest BCUT2D eigenvalue weighted by Gasteiger charge is 2.38. The second kappa shape index (κ2) is 4.71. The Balaban J connectivity index is 1.52. The van der Waals surface area contributed by atoms with Crippen LogP contribution in [0.15, 0.2) is 12.1 Å². The summed E-state index contributed by atoms with van der Waals surface area (Å²) in [5.74, 6) is 1.52. The Hall–Kier alpha value is -1.13. The van der Waals surface area contributed by atoms with E-state index in [0.717, 1.165) is 29.3 Å². The summed E-state index contributed by atoms with van der Waals surface area (Å²) in [4.78, 5) is 2.54. The van der Waals surface area contributed by atoms with Crippen LogP contribution < -0.4 is 14.8 Å². The molecule has 0 radical (unpaired) electrons. The lowest BCUT2D eigenvalue weighted by molar-refractivity contribution is 0.169. The van der Waals surface area contributed by atoms with Gasteiger partial charge >= 0.3 is 0 Å². The molecule has 0 aromatic heterocycles. The number of hydrogen-bond donors (Lipinski definition) is 1. The first-order valence-corrected chi connectivity index (χ1v) is 7.66. The number of nitrogens with zero attached hydrogens (tertiary/aromatic N) is 1. The zero-order chi connectivity index (χ0) is 13.7. The predicted octanol–water partition coefficient (Wildman–Crippen LogP) is 3.11. The molecule has 2 unspecified atom stereocenters. The van der Waals surface area contributed by atoms with Crippen molar-refractivity contribution in [1.82, 2.24) is 4.90 Å². The molecule has 0 saturated carbocycles. The van der Waals surface area contributed by atoms with Gasteiger partial charge in [-0.3, -0.25) is 0 Å². The van der Waals surface area contributed by atoms with E-state index in [2.05, 4.69) is 17.3 Å². The molecule has 2 bridgehead atoms.